The van der Waals surface area contributed by atoms with Crippen LogP contribution in [0.15, 0.2) is 55.0 Å². The third-order valence-electron chi connectivity index (χ3n) is 6.32. The number of hydrogen-bond acceptors (Lipinski definition) is 1. The Morgan fingerprint density at radius 2 is 1.82 bits per heavy atom. The number of aromatic nitrogens is 3. The minimum absolute atomic E-state index is 0.482. The van der Waals surface area contributed by atoms with E-state index in [1.54, 1.807) is 0 Å². The molecule has 4 aromatic heterocycles. The minimum Gasteiger partial charge on any atom is -0.307 e. The number of pyridine rings is 3. The van der Waals surface area contributed by atoms with E-state index in [4.69, 9.17) is 0 Å². The summed E-state index contributed by atoms with van der Waals surface area (Å²) in [7, 11) is 2.16. The van der Waals surface area contributed by atoms with E-state index >= 15 is 0 Å². The molecule has 0 aliphatic rings. The molecule has 0 saturated heterocycles. The molecule has 4 heterocycles. The Labute approximate surface area is 163 Å². The molecule has 0 aliphatic carbocycles. The molecule has 2 aromatic carbocycles. The summed E-state index contributed by atoms with van der Waals surface area (Å²) in [6.45, 7) is 6.76. The van der Waals surface area contributed by atoms with Crippen molar-refractivity contribution in [1.82, 2.24) is 9.38 Å². The quantitative estimate of drug-likeness (QED) is 0.210. The largest absolute Gasteiger partial charge is 0.307 e. The molecule has 136 valence electrons. The first-order chi connectivity index (χ1) is 13.6. The third kappa shape index (κ3) is 1.79. The van der Waals surface area contributed by atoms with Gasteiger partial charge in [-0.1, -0.05) is 32.0 Å². The Morgan fingerprint density at radius 1 is 0.964 bits per heavy atom. The maximum Gasteiger partial charge on any atom is 0.224 e. The van der Waals surface area contributed by atoms with E-state index in [2.05, 4.69) is 84.4 Å². The molecule has 6 aromatic rings. The lowest BCUT2D eigenvalue weighted by molar-refractivity contribution is -0.643. The molecule has 3 nitrogen and oxygen atoms in total. The van der Waals surface area contributed by atoms with Crippen LogP contribution in [0.4, 0.5) is 0 Å². The highest BCUT2D eigenvalue weighted by molar-refractivity contribution is 6.25. The average Bonchev–Trinajstić information content (AvgIpc) is 3.03. The van der Waals surface area contributed by atoms with Crippen LogP contribution < -0.4 is 4.57 Å². The van der Waals surface area contributed by atoms with Gasteiger partial charge in [-0.25, -0.2) is 4.57 Å². The van der Waals surface area contributed by atoms with Crippen molar-refractivity contribution in [2.24, 2.45) is 7.05 Å². The highest BCUT2D eigenvalue weighted by Gasteiger charge is 2.24. The lowest BCUT2D eigenvalue weighted by Gasteiger charge is -2.15. The van der Waals surface area contributed by atoms with Crippen LogP contribution in [0.5, 0.6) is 0 Å². The molecule has 0 radical (unpaired) electrons. The maximum absolute atomic E-state index is 4.43. The second kappa shape index (κ2) is 5.20. The van der Waals surface area contributed by atoms with Crippen molar-refractivity contribution in [3.63, 3.8) is 0 Å². The summed E-state index contributed by atoms with van der Waals surface area (Å²) >= 11 is 0. The molecule has 28 heavy (non-hydrogen) atoms. The maximum atomic E-state index is 4.43. The standard InChI is InChI=1S/C25H22N3/c1-14(2)17-11-16-8-10-27(4)25-22-15(3)5-6-18-19-13-26-9-7-20(19)28(24(18)22)21(12-17)23(16)25/h5-14H,1-4H3/q+1. The fourth-order valence-electron chi connectivity index (χ4n) is 4.92. The molecule has 0 amide bonds. The number of fused-ring (bicyclic) bond motifs is 5. The van der Waals surface area contributed by atoms with Crippen LogP contribution >= 0.6 is 0 Å². The molecule has 0 aliphatic heterocycles. The first-order valence-electron chi connectivity index (χ1n) is 9.91. The molecular formula is C25H22N3+. The second-order valence-electron chi connectivity index (χ2n) is 8.32. The Kier molecular flexibility index (Phi) is 2.94. The summed E-state index contributed by atoms with van der Waals surface area (Å²) in [5.41, 5.74) is 7.83. The van der Waals surface area contributed by atoms with Crippen molar-refractivity contribution in [2.75, 3.05) is 0 Å². The summed E-state index contributed by atoms with van der Waals surface area (Å²) in [4.78, 5) is 4.43. The van der Waals surface area contributed by atoms with Gasteiger partial charge >= 0.3 is 0 Å². The molecule has 0 spiro atoms. The summed E-state index contributed by atoms with van der Waals surface area (Å²) < 4.78 is 4.75. The Hall–Kier alpha value is -3.20. The molecule has 0 saturated carbocycles. The Balaban J connectivity index is 2.10. The Bertz CT molecular complexity index is 1550. The monoisotopic (exact) mass is 364 g/mol. The van der Waals surface area contributed by atoms with Crippen molar-refractivity contribution in [3.05, 3.63) is 66.1 Å². The number of rotatable bonds is 1. The number of aryl methyl sites for hydroxylation is 2. The Morgan fingerprint density at radius 3 is 2.64 bits per heavy atom. The van der Waals surface area contributed by atoms with Gasteiger partial charge in [-0.2, -0.15) is 0 Å². The molecule has 3 heteroatoms. The lowest BCUT2D eigenvalue weighted by atomic mass is 9.95. The van der Waals surface area contributed by atoms with Crippen molar-refractivity contribution >= 4 is 49.0 Å². The van der Waals surface area contributed by atoms with Crippen LogP contribution in [0.1, 0.15) is 30.9 Å². The van der Waals surface area contributed by atoms with E-state index in [1.807, 2.05) is 12.4 Å². The summed E-state index contributed by atoms with van der Waals surface area (Å²) in [6.07, 6.45) is 6.11. The molecule has 6 rings (SSSR count). The fraction of sp³-hybridized carbons (Fsp3) is 0.200. The summed E-state index contributed by atoms with van der Waals surface area (Å²) in [5.74, 6) is 0.482. The predicted molar refractivity (Wildman–Crippen MR) is 116 cm³/mol. The summed E-state index contributed by atoms with van der Waals surface area (Å²) in [6, 6.07) is 13.7. The molecule has 0 bridgehead atoms. The van der Waals surface area contributed by atoms with Crippen LogP contribution in [-0.4, -0.2) is 9.38 Å². The van der Waals surface area contributed by atoms with Crippen molar-refractivity contribution in [2.45, 2.75) is 26.7 Å². The molecule has 0 fully saturated rings. The van der Waals surface area contributed by atoms with Gasteiger partial charge in [0.05, 0.1) is 27.3 Å². The van der Waals surface area contributed by atoms with Crippen LogP contribution in [-0.2, 0) is 7.05 Å². The van der Waals surface area contributed by atoms with Gasteiger partial charge in [0.1, 0.15) is 7.05 Å². The molecular weight excluding hydrogens is 342 g/mol. The third-order valence-corrected chi connectivity index (χ3v) is 6.32. The van der Waals surface area contributed by atoms with E-state index in [0.29, 0.717) is 5.92 Å². The lowest BCUT2D eigenvalue weighted by Crippen LogP contribution is -2.29. The zero-order valence-corrected chi connectivity index (χ0v) is 16.6. The van der Waals surface area contributed by atoms with Crippen LogP contribution in [0.25, 0.3) is 49.0 Å². The van der Waals surface area contributed by atoms with Gasteiger partial charge in [-0.05, 0) is 41.5 Å². The predicted octanol–water partition coefficient (Wildman–Crippen LogP) is 5.64. The van der Waals surface area contributed by atoms with Crippen LogP contribution in [0.2, 0.25) is 0 Å². The fourth-order valence-corrected chi connectivity index (χ4v) is 4.92. The molecule has 0 N–H and O–H groups in total. The van der Waals surface area contributed by atoms with Gasteiger partial charge in [0.2, 0.25) is 5.52 Å². The topological polar surface area (TPSA) is 21.2 Å². The van der Waals surface area contributed by atoms with Crippen LogP contribution in [0.3, 0.4) is 0 Å². The van der Waals surface area contributed by atoms with Crippen molar-refractivity contribution in [1.29, 1.82) is 0 Å². The highest BCUT2D eigenvalue weighted by Crippen LogP contribution is 2.41. The normalized spacial score (nSPS) is 12.6. The first kappa shape index (κ1) is 15.8. The summed E-state index contributed by atoms with van der Waals surface area (Å²) in [5, 5.41) is 6.49. The van der Waals surface area contributed by atoms with Gasteiger partial charge in [-0.15, -0.1) is 0 Å². The van der Waals surface area contributed by atoms with Gasteiger partial charge in [0, 0.05) is 29.2 Å². The smallest absolute Gasteiger partial charge is 0.224 e. The zero-order valence-electron chi connectivity index (χ0n) is 16.6. The zero-order chi connectivity index (χ0) is 19.2. The van der Waals surface area contributed by atoms with E-state index in [0.717, 1.165) is 0 Å². The van der Waals surface area contributed by atoms with Crippen LogP contribution in [0, 0.1) is 6.92 Å². The first-order valence-corrected chi connectivity index (χ1v) is 9.91. The van der Waals surface area contributed by atoms with E-state index < -0.39 is 0 Å². The highest BCUT2D eigenvalue weighted by atomic mass is 15.0. The van der Waals surface area contributed by atoms with E-state index in [1.165, 1.54) is 60.1 Å². The van der Waals surface area contributed by atoms with Crippen molar-refractivity contribution < 1.29 is 4.57 Å². The average molecular weight is 364 g/mol. The van der Waals surface area contributed by atoms with Gasteiger partial charge in [0.25, 0.3) is 0 Å². The number of nitrogens with zero attached hydrogens (tertiary/aromatic N) is 3. The van der Waals surface area contributed by atoms with Crippen molar-refractivity contribution in [3.8, 4) is 0 Å². The van der Waals surface area contributed by atoms with E-state index in [-0.39, 0.29) is 0 Å². The number of benzene rings is 2. The van der Waals surface area contributed by atoms with Gasteiger partial charge in [-0.3, -0.25) is 4.98 Å². The second-order valence-corrected chi connectivity index (χ2v) is 8.32. The van der Waals surface area contributed by atoms with Gasteiger partial charge < -0.3 is 4.40 Å². The number of hydrogen-bond donors (Lipinski definition) is 0. The van der Waals surface area contributed by atoms with Gasteiger partial charge in [0.15, 0.2) is 6.20 Å². The SMILES string of the molecule is Cc1ccc2c3cnccc3n3c4cc(C(C)C)cc5cc[n+](C)c(c1c23)c54. The molecule has 0 atom stereocenters. The minimum atomic E-state index is 0.482. The molecule has 0 unspecified atom stereocenters. The van der Waals surface area contributed by atoms with E-state index in [9.17, 15) is 0 Å².